The minimum absolute atomic E-state index is 0.128. The van der Waals surface area contributed by atoms with Crippen LogP contribution in [0.4, 0.5) is 10.5 Å². The summed E-state index contributed by atoms with van der Waals surface area (Å²) in [6.45, 7) is 7.30. The number of amides is 1. The first kappa shape index (κ1) is 20.1. The van der Waals surface area contributed by atoms with Crippen LogP contribution in [0.3, 0.4) is 0 Å². The lowest BCUT2D eigenvalue weighted by Crippen LogP contribution is -2.49. The van der Waals surface area contributed by atoms with Gasteiger partial charge >= 0.3 is 6.09 Å². The van der Waals surface area contributed by atoms with E-state index in [1.807, 2.05) is 17.0 Å². The van der Waals surface area contributed by atoms with Gasteiger partial charge in [0.1, 0.15) is 6.61 Å². The van der Waals surface area contributed by atoms with Crippen molar-refractivity contribution in [2.75, 3.05) is 57.3 Å². The van der Waals surface area contributed by atoms with Crippen LogP contribution in [0.25, 0.3) is 0 Å². The van der Waals surface area contributed by atoms with Crippen LogP contribution in [0.2, 0.25) is 10.0 Å². The van der Waals surface area contributed by atoms with Crippen molar-refractivity contribution in [2.24, 2.45) is 11.8 Å². The summed E-state index contributed by atoms with van der Waals surface area (Å²) < 4.78 is 5.11. The zero-order valence-electron chi connectivity index (χ0n) is 16.3. The zero-order chi connectivity index (χ0) is 19.5. The van der Waals surface area contributed by atoms with E-state index in [9.17, 15) is 4.79 Å². The molecule has 0 N–H and O–H groups in total. The molecule has 1 aromatic rings. The third-order valence-corrected chi connectivity index (χ3v) is 7.31. The van der Waals surface area contributed by atoms with Crippen molar-refractivity contribution in [3.05, 3.63) is 28.2 Å². The third-order valence-electron chi connectivity index (χ3n) is 6.50. The van der Waals surface area contributed by atoms with E-state index in [1.165, 1.54) is 25.7 Å². The summed E-state index contributed by atoms with van der Waals surface area (Å²) in [5.41, 5.74) is 1.04. The Morgan fingerprint density at radius 2 is 1.68 bits per heavy atom. The first-order chi connectivity index (χ1) is 13.6. The number of carbonyl (C=O) groups is 1. The van der Waals surface area contributed by atoms with E-state index in [1.54, 1.807) is 0 Å². The van der Waals surface area contributed by atoms with Crippen molar-refractivity contribution in [3.63, 3.8) is 0 Å². The fourth-order valence-corrected chi connectivity index (χ4v) is 5.29. The van der Waals surface area contributed by atoms with Gasteiger partial charge in [-0.3, -0.25) is 4.90 Å². The SMILES string of the molecule is O=C1OCCN1C[C@@H]1CCCC[C@H]1CN1CCN(c2cccc(Cl)c2Cl)CC1. The Balaban J connectivity index is 1.31. The van der Waals surface area contributed by atoms with Crippen molar-refractivity contribution in [1.82, 2.24) is 9.80 Å². The molecule has 1 aliphatic carbocycles. The largest absolute Gasteiger partial charge is 0.448 e. The zero-order valence-corrected chi connectivity index (χ0v) is 17.8. The molecule has 3 fully saturated rings. The molecular weight excluding hydrogens is 397 g/mol. The first-order valence-corrected chi connectivity index (χ1v) is 11.2. The van der Waals surface area contributed by atoms with Gasteiger partial charge in [-0.05, 0) is 36.8 Å². The van der Waals surface area contributed by atoms with Gasteiger partial charge in [0.25, 0.3) is 0 Å². The minimum Gasteiger partial charge on any atom is -0.448 e. The topological polar surface area (TPSA) is 36.0 Å². The molecule has 2 atom stereocenters. The number of ether oxygens (including phenoxy) is 1. The summed E-state index contributed by atoms with van der Waals surface area (Å²) in [5, 5.41) is 1.27. The monoisotopic (exact) mass is 425 g/mol. The summed E-state index contributed by atoms with van der Waals surface area (Å²) in [5.74, 6) is 1.27. The maximum absolute atomic E-state index is 11.8. The first-order valence-electron chi connectivity index (χ1n) is 10.4. The molecule has 4 rings (SSSR count). The smallest absolute Gasteiger partial charge is 0.409 e. The number of cyclic esters (lactones) is 1. The van der Waals surface area contributed by atoms with Crippen LogP contribution in [-0.2, 0) is 4.74 Å². The lowest BCUT2D eigenvalue weighted by Gasteiger charge is -2.41. The molecule has 7 heteroatoms. The number of anilines is 1. The average Bonchev–Trinajstić information content (AvgIpc) is 3.11. The summed E-state index contributed by atoms with van der Waals surface area (Å²) in [6, 6.07) is 5.85. The molecule has 1 aromatic carbocycles. The highest BCUT2D eigenvalue weighted by molar-refractivity contribution is 6.43. The number of carbonyl (C=O) groups excluding carboxylic acids is 1. The molecule has 0 bridgehead atoms. The Kier molecular flexibility index (Phi) is 6.54. The van der Waals surface area contributed by atoms with Crippen LogP contribution in [0, 0.1) is 11.8 Å². The van der Waals surface area contributed by atoms with Crippen LogP contribution in [0.15, 0.2) is 18.2 Å². The fourth-order valence-electron chi connectivity index (χ4n) is 4.88. The Morgan fingerprint density at radius 1 is 0.964 bits per heavy atom. The van der Waals surface area contributed by atoms with Crippen LogP contribution < -0.4 is 4.90 Å². The quantitative estimate of drug-likeness (QED) is 0.701. The fraction of sp³-hybridized carbons (Fsp3) is 0.667. The van der Waals surface area contributed by atoms with Gasteiger partial charge in [-0.2, -0.15) is 0 Å². The predicted octanol–water partition coefficient (Wildman–Crippen LogP) is 4.37. The van der Waals surface area contributed by atoms with E-state index in [4.69, 9.17) is 27.9 Å². The van der Waals surface area contributed by atoms with Crippen molar-refractivity contribution in [3.8, 4) is 0 Å². The van der Waals surface area contributed by atoms with E-state index in [0.29, 0.717) is 28.5 Å². The van der Waals surface area contributed by atoms with Crippen LogP contribution in [0.5, 0.6) is 0 Å². The normalized spacial score (nSPS) is 26.6. The number of piperazine rings is 1. The van der Waals surface area contributed by atoms with Gasteiger partial charge in [-0.1, -0.05) is 42.1 Å². The van der Waals surface area contributed by atoms with E-state index in [2.05, 4.69) is 15.9 Å². The van der Waals surface area contributed by atoms with E-state index >= 15 is 0 Å². The Bertz CT molecular complexity index is 694. The molecule has 28 heavy (non-hydrogen) atoms. The Hall–Kier alpha value is -1.17. The molecule has 0 spiro atoms. The molecule has 1 amide bonds. The minimum atomic E-state index is -0.128. The number of hydrogen-bond donors (Lipinski definition) is 0. The van der Waals surface area contributed by atoms with Crippen LogP contribution >= 0.6 is 23.2 Å². The van der Waals surface area contributed by atoms with Gasteiger partial charge in [-0.15, -0.1) is 0 Å². The highest BCUT2D eigenvalue weighted by atomic mass is 35.5. The van der Waals surface area contributed by atoms with Crippen molar-refractivity contribution in [1.29, 1.82) is 0 Å². The van der Waals surface area contributed by atoms with E-state index < -0.39 is 0 Å². The van der Waals surface area contributed by atoms with Gasteiger partial charge in [0, 0.05) is 39.3 Å². The molecule has 0 aromatic heterocycles. The number of rotatable bonds is 5. The van der Waals surface area contributed by atoms with Gasteiger partial charge in [0.05, 0.1) is 22.3 Å². The van der Waals surface area contributed by atoms with E-state index in [-0.39, 0.29) is 6.09 Å². The predicted molar refractivity (Wildman–Crippen MR) is 113 cm³/mol. The second-order valence-corrected chi connectivity index (χ2v) is 9.01. The molecule has 5 nitrogen and oxygen atoms in total. The molecule has 2 heterocycles. The maximum Gasteiger partial charge on any atom is 0.409 e. The number of halogens is 2. The lowest BCUT2D eigenvalue weighted by atomic mass is 9.78. The number of nitrogens with zero attached hydrogens (tertiary/aromatic N) is 3. The second-order valence-electron chi connectivity index (χ2n) is 8.23. The molecule has 1 saturated carbocycles. The molecule has 0 unspecified atom stereocenters. The maximum atomic E-state index is 11.8. The molecule has 0 radical (unpaired) electrons. The summed E-state index contributed by atoms with van der Waals surface area (Å²) in [4.78, 5) is 18.7. The summed E-state index contributed by atoms with van der Waals surface area (Å²) in [7, 11) is 0. The average molecular weight is 426 g/mol. The van der Waals surface area contributed by atoms with Gasteiger partial charge < -0.3 is 14.5 Å². The number of hydrogen-bond acceptors (Lipinski definition) is 4. The van der Waals surface area contributed by atoms with Gasteiger partial charge in [-0.25, -0.2) is 4.79 Å². The summed E-state index contributed by atoms with van der Waals surface area (Å²) in [6.07, 6.45) is 4.96. The highest BCUT2D eigenvalue weighted by Crippen LogP contribution is 2.34. The van der Waals surface area contributed by atoms with Gasteiger partial charge in [0.2, 0.25) is 0 Å². The van der Waals surface area contributed by atoms with Crippen molar-refractivity contribution < 1.29 is 9.53 Å². The Morgan fingerprint density at radius 3 is 2.36 bits per heavy atom. The van der Waals surface area contributed by atoms with E-state index in [0.717, 1.165) is 51.5 Å². The highest BCUT2D eigenvalue weighted by Gasteiger charge is 2.32. The molecular formula is C21H29Cl2N3O2. The standard InChI is InChI=1S/C21H29Cl2N3O2/c22-18-6-3-7-19(20(18)23)25-10-8-24(9-11-25)14-16-4-1-2-5-17(16)15-26-12-13-28-21(26)27/h3,6-7,16-17H,1-2,4-5,8-15H2/t16-,17-/m0/s1. The lowest BCUT2D eigenvalue weighted by molar-refractivity contribution is 0.115. The molecule has 154 valence electrons. The van der Waals surface area contributed by atoms with Gasteiger partial charge in [0.15, 0.2) is 0 Å². The molecule has 2 saturated heterocycles. The van der Waals surface area contributed by atoms with Crippen LogP contribution in [0.1, 0.15) is 25.7 Å². The summed E-state index contributed by atoms with van der Waals surface area (Å²) >= 11 is 12.6. The number of benzene rings is 1. The van der Waals surface area contributed by atoms with Crippen molar-refractivity contribution in [2.45, 2.75) is 25.7 Å². The third kappa shape index (κ3) is 4.52. The molecule has 3 aliphatic rings. The van der Waals surface area contributed by atoms with Crippen molar-refractivity contribution >= 4 is 35.0 Å². The molecule has 2 aliphatic heterocycles. The Labute approximate surface area is 177 Å². The van der Waals surface area contributed by atoms with Crippen LogP contribution in [-0.4, -0.2) is 68.3 Å². The second kappa shape index (κ2) is 9.10.